The molecular weight excluding hydrogens is 457 g/mol. The molecule has 1 aromatic carbocycles. The van der Waals surface area contributed by atoms with Crippen molar-refractivity contribution >= 4 is 21.4 Å². The minimum Gasteiger partial charge on any atom is -0.332 e. The zero-order chi connectivity index (χ0) is 22.4. The Labute approximate surface area is 181 Å². The lowest BCUT2D eigenvalue weighted by atomic mass is 9.95. The van der Waals surface area contributed by atoms with Crippen LogP contribution in [-0.4, -0.2) is 40.3 Å². The van der Waals surface area contributed by atoms with Crippen LogP contribution in [-0.2, 0) is 21.8 Å². The predicted molar refractivity (Wildman–Crippen MR) is 106 cm³/mol. The number of aromatic nitrogens is 4. The summed E-state index contributed by atoms with van der Waals surface area (Å²) in [5.41, 5.74) is -0.266. The molecule has 0 amide bonds. The molecule has 166 valence electrons. The van der Waals surface area contributed by atoms with Crippen molar-refractivity contribution in [3.8, 4) is 11.6 Å². The molecule has 1 saturated carbocycles. The van der Waals surface area contributed by atoms with E-state index in [2.05, 4.69) is 15.2 Å². The minimum absolute atomic E-state index is 0.0155. The lowest BCUT2D eigenvalue weighted by Gasteiger charge is -2.12. The Morgan fingerprint density at radius 2 is 2.03 bits per heavy atom. The van der Waals surface area contributed by atoms with Crippen LogP contribution >= 0.6 is 11.6 Å². The standard InChI is InChI=1S/C19H18ClF3N4O3S/c1-31(28,29)8-2-7-27-15(10-14(25-27)16(22)23)17-24-18(26-30-17)19(5-6-19)12-4-3-11(21)9-13(12)20/h3-4,9-10,16H,2,5-8H2,1H3. The van der Waals surface area contributed by atoms with Crippen molar-refractivity contribution in [2.24, 2.45) is 0 Å². The van der Waals surface area contributed by atoms with E-state index in [0.717, 1.165) is 12.3 Å². The Kier molecular flexibility index (Phi) is 5.59. The third-order valence-corrected chi connectivity index (χ3v) is 6.52. The molecule has 2 aromatic heterocycles. The summed E-state index contributed by atoms with van der Waals surface area (Å²) < 4.78 is 69.2. The van der Waals surface area contributed by atoms with Crippen molar-refractivity contribution < 1.29 is 26.1 Å². The largest absolute Gasteiger partial charge is 0.332 e. The highest BCUT2D eigenvalue weighted by molar-refractivity contribution is 7.90. The molecule has 0 saturated heterocycles. The van der Waals surface area contributed by atoms with E-state index >= 15 is 0 Å². The molecule has 0 radical (unpaired) electrons. The van der Waals surface area contributed by atoms with Crippen molar-refractivity contribution in [1.29, 1.82) is 0 Å². The highest BCUT2D eigenvalue weighted by Gasteiger charge is 2.51. The molecule has 31 heavy (non-hydrogen) atoms. The monoisotopic (exact) mass is 474 g/mol. The maximum Gasteiger partial charge on any atom is 0.282 e. The van der Waals surface area contributed by atoms with Gasteiger partial charge < -0.3 is 4.52 Å². The van der Waals surface area contributed by atoms with Crippen molar-refractivity contribution in [2.45, 2.75) is 37.6 Å². The summed E-state index contributed by atoms with van der Waals surface area (Å²) in [4.78, 5) is 4.39. The second kappa shape index (κ2) is 7.94. The van der Waals surface area contributed by atoms with E-state index in [1.165, 1.54) is 16.8 Å². The van der Waals surface area contributed by atoms with Crippen LogP contribution in [0, 0.1) is 5.82 Å². The van der Waals surface area contributed by atoms with E-state index in [0.29, 0.717) is 24.2 Å². The van der Waals surface area contributed by atoms with E-state index in [-0.39, 0.29) is 35.3 Å². The smallest absolute Gasteiger partial charge is 0.282 e. The molecule has 0 aliphatic heterocycles. The number of rotatable bonds is 8. The Balaban J connectivity index is 1.65. The molecule has 1 fully saturated rings. The third-order valence-electron chi connectivity index (χ3n) is 5.18. The highest BCUT2D eigenvalue weighted by atomic mass is 35.5. The second-order valence-electron chi connectivity index (χ2n) is 7.59. The first-order valence-corrected chi connectivity index (χ1v) is 11.9. The van der Waals surface area contributed by atoms with Crippen LogP contribution in [0.4, 0.5) is 13.2 Å². The van der Waals surface area contributed by atoms with Gasteiger partial charge >= 0.3 is 0 Å². The summed E-state index contributed by atoms with van der Waals surface area (Å²) in [6.45, 7) is 0.0851. The molecule has 0 spiro atoms. The molecule has 0 unspecified atom stereocenters. The van der Waals surface area contributed by atoms with Gasteiger partial charge in [-0.05, 0) is 43.0 Å². The summed E-state index contributed by atoms with van der Waals surface area (Å²) in [5, 5.41) is 8.12. The molecule has 7 nitrogen and oxygen atoms in total. The average molecular weight is 475 g/mol. The van der Waals surface area contributed by atoms with Crippen LogP contribution in [0.1, 0.15) is 42.8 Å². The molecule has 0 N–H and O–H groups in total. The van der Waals surface area contributed by atoms with Gasteiger partial charge in [0.15, 0.2) is 5.82 Å². The number of hydrogen-bond donors (Lipinski definition) is 0. The quantitative estimate of drug-likeness (QED) is 0.486. The number of hydrogen-bond acceptors (Lipinski definition) is 6. The van der Waals surface area contributed by atoms with Gasteiger partial charge in [-0.3, -0.25) is 4.68 Å². The topological polar surface area (TPSA) is 90.9 Å². The molecule has 3 aromatic rings. The average Bonchev–Trinajstić information content (AvgIpc) is 3.11. The SMILES string of the molecule is CS(=O)(=O)CCCn1nc(C(F)F)cc1-c1nc(C2(c3ccc(F)cc3Cl)CC2)no1. The Bertz CT molecular complexity index is 1220. The normalized spacial score (nSPS) is 15.5. The molecule has 1 aliphatic carbocycles. The summed E-state index contributed by atoms with van der Waals surface area (Å²) >= 11 is 6.21. The van der Waals surface area contributed by atoms with Crippen LogP contribution in [0.15, 0.2) is 28.8 Å². The second-order valence-corrected chi connectivity index (χ2v) is 10.3. The van der Waals surface area contributed by atoms with Gasteiger partial charge in [0.05, 0.1) is 11.2 Å². The van der Waals surface area contributed by atoms with Crippen molar-refractivity contribution in [1.82, 2.24) is 19.9 Å². The van der Waals surface area contributed by atoms with Gasteiger partial charge in [-0.2, -0.15) is 10.1 Å². The van der Waals surface area contributed by atoms with Gasteiger partial charge in [0.25, 0.3) is 12.3 Å². The minimum atomic E-state index is -3.21. The number of aryl methyl sites for hydroxylation is 1. The van der Waals surface area contributed by atoms with Crippen LogP contribution in [0.2, 0.25) is 5.02 Å². The van der Waals surface area contributed by atoms with Crippen molar-refractivity contribution in [3.05, 3.63) is 52.2 Å². The number of nitrogens with zero attached hydrogens (tertiary/aromatic N) is 4. The summed E-state index contributed by atoms with van der Waals surface area (Å²) in [7, 11) is -3.21. The van der Waals surface area contributed by atoms with Crippen molar-refractivity contribution in [2.75, 3.05) is 12.0 Å². The van der Waals surface area contributed by atoms with Gasteiger partial charge in [-0.25, -0.2) is 21.6 Å². The summed E-state index contributed by atoms with van der Waals surface area (Å²) in [6.07, 6.45) is -0.181. The lowest BCUT2D eigenvalue weighted by molar-refractivity contribution is 0.145. The van der Waals surface area contributed by atoms with E-state index in [1.807, 2.05) is 0 Å². The maximum atomic E-state index is 13.4. The Morgan fingerprint density at radius 3 is 2.65 bits per heavy atom. The first-order chi connectivity index (χ1) is 14.6. The van der Waals surface area contributed by atoms with Crippen molar-refractivity contribution in [3.63, 3.8) is 0 Å². The summed E-state index contributed by atoms with van der Waals surface area (Å²) in [5.74, 6) is -0.273. The van der Waals surface area contributed by atoms with Crippen LogP contribution in [0.5, 0.6) is 0 Å². The first kappa shape index (κ1) is 21.8. The third kappa shape index (κ3) is 4.47. The molecule has 2 heterocycles. The maximum absolute atomic E-state index is 13.4. The van der Waals surface area contributed by atoms with Gasteiger partial charge in [0.2, 0.25) is 0 Å². The summed E-state index contributed by atoms with van der Waals surface area (Å²) in [6, 6.07) is 5.23. The van der Waals surface area contributed by atoms with Gasteiger partial charge in [-0.15, -0.1) is 0 Å². The first-order valence-electron chi connectivity index (χ1n) is 9.43. The van der Waals surface area contributed by atoms with Gasteiger partial charge in [0.1, 0.15) is 27.0 Å². The fraction of sp³-hybridized carbons (Fsp3) is 0.421. The van der Waals surface area contributed by atoms with Gasteiger partial charge in [-0.1, -0.05) is 22.8 Å². The van der Waals surface area contributed by atoms with E-state index < -0.39 is 33.2 Å². The Hall–Kier alpha value is -2.40. The van der Waals surface area contributed by atoms with Crippen LogP contribution < -0.4 is 0 Å². The molecule has 1 aliphatic rings. The zero-order valence-electron chi connectivity index (χ0n) is 16.4. The Morgan fingerprint density at radius 1 is 1.29 bits per heavy atom. The van der Waals surface area contributed by atoms with Crippen LogP contribution in [0.3, 0.4) is 0 Å². The predicted octanol–water partition coefficient (Wildman–Crippen LogP) is 4.18. The molecule has 0 atom stereocenters. The van der Waals surface area contributed by atoms with Crippen LogP contribution in [0.25, 0.3) is 11.6 Å². The number of alkyl halides is 2. The van der Waals surface area contributed by atoms with E-state index in [4.69, 9.17) is 16.1 Å². The van der Waals surface area contributed by atoms with Gasteiger partial charge in [0, 0.05) is 17.8 Å². The van der Waals surface area contributed by atoms with E-state index in [1.54, 1.807) is 6.07 Å². The number of halogens is 4. The fourth-order valence-corrected chi connectivity index (χ4v) is 4.50. The molecule has 12 heteroatoms. The number of benzene rings is 1. The molecule has 4 rings (SSSR count). The zero-order valence-corrected chi connectivity index (χ0v) is 17.9. The molecular formula is C19H18ClF3N4O3S. The fourth-order valence-electron chi connectivity index (χ4n) is 3.50. The number of sulfone groups is 1. The molecule has 0 bridgehead atoms. The lowest BCUT2D eigenvalue weighted by Crippen LogP contribution is -2.12. The highest BCUT2D eigenvalue weighted by Crippen LogP contribution is 2.54. The van der Waals surface area contributed by atoms with E-state index in [9.17, 15) is 21.6 Å².